The van der Waals surface area contributed by atoms with Gasteiger partial charge in [-0.05, 0) is 36.4 Å². The van der Waals surface area contributed by atoms with Crippen LogP contribution in [0.2, 0.25) is 5.02 Å². The van der Waals surface area contributed by atoms with Crippen LogP contribution in [0.25, 0.3) is 0 Å². The molecule has 2 rings (SSSR count). The number of carboxylic acids is 1. The summed E-state index contributed by atoms with van der Waals surface area (Å²) in [5.41, 5.74) is 0.282. The van der Waals surface area contributed by atoms with Crippen molar-refractivity contribution in [2.24, 2.45) is 0 Å². The molecular formula is C15H13ClFNO4S. The number of carboxylic acid groups (broad SMARTS) is 1. The summed E-state index contributed by atoms with van der Waals surface area (Å²) in [4.78, 5) is 10.9. The van der Waals surface area contributed by atoms with Gasteiger partial charge >= 0.3 is 5.97 Å². The largest absolute Gasteiger partial charge is 0.478 e. The van der Waals surface area contributed by atoms with Crippen LogP contribution in [-0.2, 0) is 16.6 Å². The zero-order chi connectivity index (χ0) is 17.2. The molecule has 0 bridgehead atoms. The summed E-state index contributed by atoms with van der Waals surface area (Å²) in [6.07, 6.45) is 0.979. The average molecular weight is 358 g/mol. The predicted molar refractivity (Wildman–Crippen MR) is 85.8 cm³/mol. The fourth-order valence-electron chi connectivity index (χ4n) is 2.00. The lowest BCUT2D eigenvalue weighted by molar-refractivity contribution is 0.0697. The topological polar surface area (TPSA) is 74.7 Å². The normalized spacial score (nSPS) is 11.3. The van der Waals surface area contributed by atoms with Crippen molar-refractivity contribution < 1.29 is 22.7 Å². The van der Waals surface area contributed by atoms with Crippen LogP contribution in [0.4, 0.5) is 10.1 Å². The summed E-state index contributed by atoms with van der Waals surface area (Å²) in [7, 11) is -3.72. The first-order chi connectivity index (χ1) is 10.7. The molecule has 0 aromatic heterocycles. The van der Waals surface area contributed by atoms with Gasteiger partial charge in [-0.25, -0.2) is 17.6 Å². The highest BCUT2D eigenvalue weighted by Crippen LogP contribution is 2.26. The lowest BCUT2D eigenvalue weighted by Crippen LogP contribution is -2.29. The number of aromatic carboxylic acids is 1. The number of carbonyl (C=O) groups is 1. The van der Waals surface area contributed by atoms with Gasteiger partial charge < -0.3 is 5.11 Å². The van der Waals surface area contributed by atoms with Crippen molar-refractivity contribution in [2.45, 2.75) is 6.54 Å². The third kappa shape index (κ3) is 4.00. The van der Waals surface area contributed by atoms with Crippen LogP contribution in [0.3, 0.4) is 0 Å². The standard InChI is InChI=1S/C15H13ClFNO4S/c1-23(21,22)18(9-12-13(16)3-2-4-14(12)17)11-7-5-10(6-8-11)15(19)20/h2-8H,9H2,1H3,(H,19,20). The highest BCUT2D eigenvalue weighted by atomic mass is 35.5. The second kappa shape index (κ2) is 6.55. The monoisotopic (exact) mass is 357 g/mol. The van der Waals surface area contributed by atoms with Crippen LogP contribution in [0.15, 0.2) is 42.5 Å². The number of halogens is 2. The van der Waals surface area contributed by atoms with Gasteiger partial charge in [0.25, 0.3) is 0 Å². The first-order valence-electron chi connectivity index (χ1n) is 6.44. The molecule has 23 heavy (non-hydrogen) atoms. The predicted octanol–water partition coefficient (Wildman–Crippen LogP) is 3.14. The zero-order valence-electron chi connectivity index (χ0n) is 12.0. The van der Waals surface area contributed by atoms with E-state index in [1.54, 1.807) is 0 Å². The lowest BCUT2D eigenvalue weighted by atomic mass is 10.2. The molecule has 0 fully saturated rings. The molecule has 0 spiro atoms. The minimum absolute atomic E-state index is 0.0196. The molecule has 0 amide bonds. The Hall–Kier alpha value is -2.12. The van der Waals surface area contributed by atoms with E-state index < -0.39 is 21.8 Å². The van der Waals surface area contributed by atoms with E-state index in [4.69, 9.17) is 16.7 Å². The molecule has 0 aliphatic heterocycles. The van der Waals surface area contributed by atoms with Gasteiger partial charge in [-0.1, -0.05) is 17.7 Å². The Bertz CT molecular complexity index is 817. The maximum absolute atomic E-state index is 13.9. The molecule has 8 heteroatoms. The van der Waals surface area contributed by atoms with E-state index in [2.05, 4.69) is 0 Å². The third-order valence-electron chi connectivity index (χ3n) is 3.17. The Labute approximate surface area is 138 Å². The van der Waals surface area contributed by atoms with E-state index in [9.17, 15) is 17.6 Å². The number of hydrogen-bond donors (Lipinski definition) is 1. The number of benzene rings is 2. The Morgan fingerprint density at radius 2 is 1.83 bits per heavy atom. The van der Waals surface area contributed by atoms with Crippen molar-refractivity contribution in [1.29, 1.82) is 0 Å². The summed E-state index contributed by atoms with van der Waals surface area (Å²) in [5.74, 6) is -1.74. The third-order valence-corrected chi connectivity index (χ3v) is 4.66. The quantitative estimate of drug-likeness (QED) is 0.892. The van der Waals surface area contributed by atoms with E-state index >= 15 is 0 Å². The van der Waals surface area contributed by atoms with E-state index in [0.29, 0.717) is 0 Å². The summed E-state index contributed by atoms with van der Waals surface area (Å²) >= 11 is 5.94. The number of sulfonamides is 1. The lowest BCUT2D eigenvalue weighted by Gasteiger charge is -2.23. The number of anilines is 1. The molecule has 5 nitrogen and oxygen atoms in total. The molecule has 0 atom stereocenters. The minimum atomic E-state index is -3.72. The van der Waals surface area contributed by atoms with Crippen LogP contribution in [0.1, 0.15) is 15.9 Å². The molecule has 0 radical (unpaired) electrons. The Morgan fingerprint density at radius 1 is 1.22 bits per heavy atom. The molecule has 1 N–H and O–H groups in total. The van der Waals surface area contributed by atoms with Crippen molar-refractivity contribution >= 4 is 33.3 Å². The van der Waals surface area contributed by atoms with E-state index in [0.717, 1.165) is 10.6 Å². The van der Waals surface area contributed by atoms with Crippen molar-refractivity contribution in [1.82, 2.24) is 0 Å². The summed E-state index contributed by atoms with van der Waals surface area (Å²) in [6, 6.07) is 9.33. The maximum atomic E-state index is 13.9. The zero-order valence-corrected chi connectivity index (χ0v) is 13.6. The molecule has 2 aromatic carbocycles. The Morgan fingerprint density at radius 3 is 2.30 bits per heavy atom. The van der Waals surface area contributed by atoms with Crippen LogP contribution >= 0.6 is 11.6 Å². The fraction of sp³-hybridized carbons (Fsp3) is 0.133. The highest BCUT2D eigenvalue weighted by Gasteiger charge is 2.21. The van der Waals surface area contributed by atoms with Crippen LogP contribution in [-0.4, -0.2) is 25.7 Å². The second-order valence-corrected chi connectivity index (χ2v) is 7.14. The first-order valence-corrected chi connectivity index (χ1v) is 8.66. The van der Waals surface area contributed by atoms with Crippen molar-refractivity contribution in [3.63, 3.8) is 0 Å². The molecular weight excluding hydrogens is 345 g/mol. The van der Waals surface area contributed by atoms with Crippen LogP contribution in [0, 0.1) is 5.82 Å². The van der Waals surface area contributed by atoms with Gasteiger partial charge in [0.05, 0.1) is 24.1 Å². The second-order valence-electron chi connectivity index (χ2n) is 4.82. The van der Waals surface area contributed by atoms with Gasteiger partial charge in [0.15, 0.2) is 0 Å². The Balaban J connectivity index is 2.45. The van der Waals surface area contributed by atoms with E-state index in [1.165, 1.54) is 42.5 Å². The summed E-state index contributed by atoms with van der Waals surface area (Å²) < 4.78 is 38.9. The van der Waals surface area contributed by atoms with E-state index in [-0.39, 0.29) is 28.4 Å². The van der Waals surface area contributed by atoms with Gasteiger partial charge in [-0.15, -0.1) is 0 Å². The molecule has 122 valence electrons. The van der Waals surface area contributed by atoms with Crippen molar-refractivity contribution in [2.75, 3.05) is 10.6 Å². The molecule has 0 unspecified atom stereocenters. The van der Waals surface area contributed by atoms with Crippen LogP contribution in [0.5, 0.6) is 0 Å². The molecule has 2 aromatic rings. The summed E-state index contributed by atoms with van der Waals surface area (Å²) in [6.45, 7) is -0.295. The average Bonchev–Trinajstić information content (AvgIpc) is 2.46. The highest BCUT2D eigenvalue weighted by molar-refractivity contribution is 7.92. The van der Waals surface area contributed by atoms with Crippen molar-refractivity contribution in [3.05, 3.63) is 64.4 Å². The van der Waals surface area contributed by atoms with Gasteiger partial charge in [-0.2, -0.15) is 0 Å². The smallest absolute Gasteiger partial charge is 0.335 e. The molecule has 0 aliphatic carbocycles. The van der Waals surface area contributed by atoms with Crippen LogP contribution < -0.4 is 4.31 Å². The van der Waals surface area contributed by atoms with Gasteiger partial charge in [-0.3, -0.25) is 4.31 Å². The summed E-state index contributed by atoms with van der Waals surface area (Å²) in [5, 5.41) is 9.00. The number of rotatable bonds is 5. The van der Waals surface area contributed by atoms with Gasteiger partial charge in [0.2, 0.25) is 10.0 Å². The molecule has 0 heterocycles. The fourth-order valence-corrected chi connectivity index (χ4v) is 3.09. The molecule has 0 saturated carbocycles. The number of nitrogens with zero attached hydrogens (tertiary/aromatic N) is 1. The SMILES string of the molecule is CS(=O)(=O)N(Cc1c(F)cccc1Cl)c1ccc(C(=O)O)cc1. The minimum Gasteiger partial charge on any atom is -0.478 e. The first kappa shape index (κ1) is 17.2. The van der Waals surface area contributed by atoms with E-state index in [1.807, 2.05) is 0 Å². The van der Waals surface area contributed by atoms with Gasteiger partial charge in [0.1, 0.15) is 5.82 Å². The molecule has 0 aliphatic rings. The molecule has 0 saturated heterocycles. The number of hydrogen-bond acceptors (Lipinski definition) is 3. The Kier molecular flexibility index (Phi) is 4.91. The maximum Gasteiger partial charge on any atom is 0.335 e. The van der Waals surface area contributed by atoms with Gasteiger partial charge in [0, 0.05) is 10.6 Å². The van der Waals surface area contributed by atoms with Crippen molar-refractivity contribution in [3.8, 4) is 0 Å².